The van der Waals surface area contributed by atoms with Crippen LogP contribution in [0, 0.1) is 17.6 Å². The van der Waals surface area contributed by atoms with Crippen molar-refractivity contribution in [3.05, 3.63) is 101 Å². The Bertz CT molecular complexity index is 1100. The molecule has 1 aliphatic rings. The van der Waals surface area contributed by atoms with Gasteiger partial charge in [0, 0.05) is 25.2 Å². The minimum absolute atomic E-state index is 0.0670. The first-order valence-corrected chi connectivity index (χ1v) is 10.3. The minimum Gasteiger partial charge on any atom is -0.489 e. The van der Waals surface area contributed by atoms with Crippen molar-refractivity contribution in [1.82, 2.24) is 10.2 Å². The second kappa shape index (κ2) is 9.60. The van der Waals surface area contributed by atoms with Crippen LogP contribution >= 0.6 is 0 Å². The Morgan fingerprint density at radius 3 is 2.31 bits per heavy atom. The number of likely N-dealkylation sites (tertiary alicyclic amines) is 1. The predicted molar refractivity (Wildman–Crippen MR) is 115 cm³/mol. The fraction of sp³-hybridized carbons (Fsp3) is 0.200. The number of ether oxygens (including phenoxy) is 1. The number of amides is 2. The zero-order chi connectivity index (χ0) is 22.5. The molecule has 1 heterocycles. The van der Waals surface area contributed by atoms with E-state index in [-0.39, 0.29) is 30.5 Å². The highest BCUT2D eigenvalue weighted by Gasteiger charge is 2.36. The van der Waals surface area contributed by atoms with Gasteiger partial charge >= 0.3 is 0 Å². The van der Waals surface area contributed by atoms with E-state index in [4.69, 9.17) is 4.74 Å². The maximum atomic E-state index is 13.3. The van der Waals surface area contributed by atoms with Crippen LogP contribution in [0.15, 0.2) is 72.8 Å². The summed E-state index contributed by atoms with van der Waals surface area (Å²) in [5.74, 6) is -2.21. The Morgan fingerprint density at radius 2 is 1.62 bits per heavy atom. The second-order valence-electron chi connectivity index (χ2n) is 7.67. The molecule has 0 radical (unpaired) electrons. The van der Waals surface area contributed by atoms with Gasteiger partial charge in [-0.05, 0) is 41.5 Å². The molecule has 0 aliphatic carbocycles. The van der Waals surface area contributed by atoms with E-state index in [1.54, 1.807) is 0 Å². The molecule has 32 heavy (non-hydrogen) atoms. The first kappa shape index (κ1) is 21.5. The van der Waals surface area contributed by atoms with Crippen LogP contribution in [0.2, 0.25) is 0 Å². The molecule has 0 spiro atoms. The highest BCUT2D eigenvalue weighted by molar-refractivity contribution is 5.96. The maximum Gasteiger partial charge on any atom is 0.254 e. The number of halogens is 2. The van der Waals surface area contributed by atoms with Gasteiger partial charge in [0.25, 0.3) is 5.91 Å². The summed E-state index contributed by atoms with van der Waals surface area (Å²) in [5, 5.41) is 2.87. The summed E-state index contributed by atoms with van der Waals surface area (Å²) in [6.07, 6.45) is 0. The van der Waals surface area contributed by atoms with Crippen molar-refractivity contribution in [3.8, 4) is 5.75 Å². The van der Waals surface area contributed by atoms with Gasteiger partial charge in [0.2, 0.25) is 5.91 Å². The SMILES string of the molecule is O=C(NCc1ccc(OCc2ccccc2)cc1)C1CN(C(=O)c2ccc(F)c(F)c2)C1. The van der Waals surface area contributed by atoms with Gasteiger partial charge in [0.15, 0.2) is 11.6 Å². The number of carbonyl (C=O) groups excluding carboxylic acids is 2. The molecular weight excluding hydrogens is 414 g/mol. The third kappa shape index (κ3) is 5.11. The van der Waals surface area contributed by atoms with Gasteiger partial charge in [0.05, 0.1) is 5.92 Å². The average Bonchev–Trinajstić information content (AvgIpc) is 2.78. The number of nitrogens with zero attached hydrogens (tertiary/aromatic N) is 1. The Hall–Kier alpha value is -3.74. The zero-order valence-corrected chi connectivity index (χ0v) is 17.3. The van der Waals surface area contributed by atoms with Crippen LogP contribution in [0.1, 0.15) is 21.5 Å². The van der Waals surface area contributed by atoms with E-state index < -0.39 is 17.5 Å². The molecule has 1 saturated heterocycles. The van der Waals surface area contributed by atoms with E-state index >= 15 is 0 Å². The molecule has 0 atom stereocenters. The lowest BCUT2D eigenvalue weighted by Gasteiger charge is -2.38. The molecule has 1 N–H and O–H groups in total. The van der Waals surface area contributed by atoms with Gasteiger partial charge in [-0.15, -0.1) is 0 Å². The van der Waals surface area contributed by atoms with Gasteiger partial charge in [0.1, 0.15) is 12.4 Å². The van der Waals surface area contributed by atoms with Crippen molar-refractivity contribution in [1.29, 1.82) is 0 Å². The fourth-order valence-electron chi connectivity index (χ4n) is 3.40. The summed E-state index contributed by atoms with van der Waals surface area (Å²) >= 11 is 0. The zero-order valence-electron chi connectivity index (χ0n) is 17.3. The molecular formula is C25H22F2N2O3. The van der Waals surface area contributed by atoms with Gasteiger partial charge in [-0.2, -0.15) is 0 Å². The predicted octanol–water partition coefficient (Wildman–Crippen LogP) is 3.93. The van der Waals surface area contributed by atoms with Crippen molar-refractivity contribution in [2.24, 2.45) is 5.92 Å². The monoisotopic (exact) mass is 436 g/mol. The first-order chi connectivity index (χ1) is 15.5. The molecule has 3 aromatic rings. The van der Waals surface area contributed by atoms with Gasteiger partial charge in [-0.25, -0.2) is 8.78 Å². The molecule has 164 valence electrons. The van der Waals surface area contributed by atoms with E-state index in [0.717, 1.165) is 29.0 Å². The second-order valence-corrected chi connectivity index (χ2v) is 7.67. The molecule has 4 rings (SSSR count). The Morgan fingerprint density at radius 1 is 0.906 bits per heavy atom. The Labute approximate surface area is 184 Å². The number of carbonyl (C=O) groups is 2. The van der Waals surface area contributed by atoms with Crippen LogP contribution in [0.3, 0.4) is 0 Å². The summed E-state index contributed by atoms with van der Waals surface area (Å²) in [6, 6.07) is 20.4. The lowest BCUT2D eigenvalue weighted by molar-refractivity contribution is -0.129. The van der Waals surface area contributed by atoms with Crippen LogP contribution in [0.5, 0.6) is 5.75 Å². The van der Waals surface area contributed by atoms with Crippen molar-refractivity contribution in [2.45, 2.75) is 13.2 Å². The van der Waals surface area contributed by atoms with Gasteiger partial charge < -0.3 is 15.0 Å². The summed E-state index contributed by atoms with van der Waals surface area (Å²) in [4.78, 5) is 26.1. The van der Waals surface area contributed by atoms with Crippen LogP contribution in [0.25, 0.3) is 0 Å². The van der Waals surface area contributed by atoms with E-state index in [2.05, 4.69) is 5.32 Å². The van der Waals surface area contributed by atoms with E-state index in [1.165, 1.54) is 11.0 Å². The standard InChI is InChI=1S/C25H22F2N2O3/c26-22-11-8-19(12-23(22)27)25(31)29-14-20(15-29)24(30)28-13-17-6-9-21(10-7-17)32-16-18-4-2-1-3-5-18/h1-12,20H,13-16H2,(H,28,30). The number of rotatable bonds is 7. The average molecular weight is 436 g/mol. The first-order valence-electron chi connectivity index (χ1n) is 10.3. The smallest absolute Gasteiger partial charge is 0.254 e. The van der Waals surface area contributed by atoms with Crippen LogP contribution < -0.4 is 10.1 Å². The summed E-state index contributed by atoms with van der Waals surface area (Å²) in [5.41, 5.74) is 2.08. The molecule has 7 heteroatoms. The van der Waals surface area contributed by atoms with Crippen LogP contribution in [-0.2, 0) is 17.9 Å². The molecule has 0 bridgehead atoms. The molecule has 3 aromatic carbocycles. The summed E-state index contributed by atoms with van der Waals surface area (Å²) < 4.78 is 32.1. The largest absolute Gasteiger partial charge is 0.489 e. The van der Waals surface area contributed by atoms with Crippen LogP contribution in [0.4, 0.5) is 8.78 Å². The Kier molecular flexibility index (Phi) is 6.44. The minimum atomic E-state index is -1.07. The van der Waals surface area contributed by atoms with Gasteiger partial charge in [-0.3, -0.25) is 9.59 Å². The quantitative estimate of drug-likeness (QED) is 0.611. The van der Waals surface area contributed by atoms with E-state index in [0.29, 0.717) is 13.2 Å². The van der Waals surface area contributed by atoms with Crippen molar-refractivity contribution in [2.75, 3.05) is 13.1 Å². The van der Waals surface area contributed by atoms with Crippen LogP contribution in [-0.4, -0.2) is 29.8 Å². The van der Waals surface area contributed by atoms with Crippen molar-refractivity contribution in [3.63, 3.8) is 0 Å². The molecule has 0 aromatic heterocycles. The van der Waals surface area contributed by atoms with Crippen molar-refractivity contribution >= 4 is 11.8 Å². The fourth-order valence-corrected chi connectivity index (χ4v) is 3.40. The molecule has 2 amide bonds. The topological polar surface area (TPSA) is 58.6 Å². The highest BCUT2D eigenvalue weighted by atomic mass is 19.2. The third-order valence-corrected chi connectivity index (χ3v) is 5.34. The lowest BCUT2D eigenvalue weighted by Crippen LogP contribution is -2.55. The Balaban J connectivity index is 1.20. The summed E-state index contributed by atoms with van der Waals surface area (Å²) in [6.45, 7) is 1.34. The lowest BCUT2D eigenvalue weighted by atomic mass is 9.97. The number of benzene rings is 3. The molecule has 5 nitrogen and oxygen atoms in total. The molecule has 0 unspecified atom stereocenters. The normalized spacial score (nSPS) is 13.4. The van der Waals surface area contributed by atoms with Crippen molar-refractivity contribution < 1.29 is 23.1 Å². The molecule has 1 fully saturated rings. The number of nitrogens with one attached hydrogen (secondary N) is 1. The number of hydrogen-bond acceptors (Lipinski definition) is 3. The van der Waals surface area contributed by atoms with Gasteiger partial charge in [-0.1, -0.05) is 42.5 Å². The highest BCUT2D eigenvalue weighted by Crippen LogP contribution is 2.20. The maximum absolute atomic E-state index is 13.3. The summed E-state index contributed by atoms with van der Waals surface area (Å²) in [7, 11) is 0. The van der Waals surface area contributed by atoms with E-state index in [1.807, 2.05) is 54.6 Å². The van der Waals surface area contributed by atoms with E-state index in [9.17, 15) is 18.4 Å². The number of hydrogen-bond donors (Lipinski definition) is 1. The molecule has 1 aliphatic heterocycles. The third-order valence-electron chi connectivity index (χ3n) is 5.34. The molecule has 0 saturated carbocycles.